The van der Waals surface area contributed by atoms with Crippen molar-refractivity contribution in [3.8, 4) is 0 Å². The number of carbonyl (C=O) groups excluding carboxylic acids is 1. The maximum atomic E-state index is 13.7. The van der Waals surface area contributed by atoms with Gasteiger partial charge in [-0.25, -0.2) is 4.39 Å². The van der Waals surface area contributed by atoms with E-state index >= 15 is 0 Å². The molecule has 1 heterocycles. The summed E-state index contributed by atoms with van der Waals surface area (Å²) in [4.78, 5) is 18.4. The first kappa shape index (κ1) is 18.1. The SMILES string of the molecule is CCCCNC(=O)CN(C)[C@@H](c1cccc(F)c1)c1ccccn1. The van der Waals surface area contributed by atoms with Gasteiger partial charge in [-0.3, -0.25) is 14.7 Å². The molecule has 0 aliphatic carbocycles. The molecule has 2 rings (SSSR count). The van der Waals surface area contributed by atoms with Crippen LogP contribution in [-0.4, -0.2) is 35.9 Å². The highest BCUT2D eigenvalue weighted by atomic mass is 19.1. The van der Waals surface area contributed by atoms with Gasteiger partial charge in [-0.05, 0) is 43.3 Å². The van der Waals surface area contributed by atoms with Crippen molar-refractivity contribution in [2.75, 3.05) is 20.1 Å². The topological polar surface area (TPSA) is 45.2 Å². The molecule has 5 heteroatoms. The van der Waals surface area contributed by atoms with E-state index in [9.17, 15) is 9.18 Å². The van der Waals surface area contributed by atoms with Crippen molar-refractivity contribution in [2.45, 2.75) is 25.8 Å². The first-order valence-corrected chi connectivity index (χ1v) is 8.25. The summed E-state index contributed by atoms with van der Waals surface area (Å²) < 4.78 is 13.7. The van der Waals surface area contributed by atoms with Gasteiger partial charge in [0.25, 0.3) is 0 Å². The van der Waals surface area contributed by atoms with E-state index in [0.29, 0.717) is 6.54 Å². The number of hydrogen-bond acceptors (Lipinski definition) is 3. The van der Waals surface area contributed by atoms with Crippen LogP contribution in [0.5, 0.6) is 0 Å². The van der Waals surface area contributed by atoms with E-state index < -0.39 is 0 Å². The molecule has 0 saturated heterocycles. The lowest BCUT2D eigenvalue weighted by molar-refractivity contribution is -0.122. The van der Waals surface area contributed by atoms with Crippen LogP contribution in [-0.2, 0) is 4.79 Å². The van der Waals surface area contributed by atoms with Crippen molar-refractivity contribution in [1.82, 2.24) is 15.2 Å². The maximum absolute atomic E-state index is 13.7. The molecule has 0 spiro atoms. The van der Waals surface area contributed by atoms with Crippen LogP contribution >= 0.6 is 0 Å². The van der Waals surface area contributed by atoms with E-state index in [4.69, 9.17) is 0 Å². The molecule has 2 aromatic rings. The summed E-state index contributed by atoms with van der Waals surface area (Å²) in [6, 6.07) is 11.8. The molecule has 128 valence electrons. The molecule has 24 heavy (non-hydrogen) atoms. The van der Waals surface area contributed by atoms with Crippen molar-refractivity contribution in [3.63, 3.8) is 0 Å². The standard InChI is InChI=1S/C19H24FN3O/c1-3-4-11-22-18(24)14-23(2)19(17-10-5-6-12-21-17)15-8-7-9-16(20)13-15/h5-10,12-13,19H,3-4,11,14H2,1-2H3,(H,22,24)/t19-/m0/s1. The molecule has 0 aliphatic heterocycles. The van der Waals surface area contributed by atoms with E-state index in [1.54, 1.807) is 12.3 Å². The molecule has 1 aromatic heterocycles. The van der Waals surface area contributed by atoms with Crippen LogP contribution in [0.1, 0.15) is 37.1 Å². The highest BCUT2D eigenvalue weighted by Gasteiger charge is 2.22. The van der Waals surface area contributed by atoms with Gasteiger partial charge in [0.15, 0.2) is 0 Å². The first-order valence-electron chi connectivity index (χ1n) is 8.25. The number of nitrogens with one attached hydrogen (secondary N) is 1. The molecule has 0 radical (unpaired) electrons. The zero-order valence-electron chi connectivity index (χ0n) is 14.2. The highest BCUT2D eigenvalue weighted by molar-refractivity contribution is 5.78. The second-order valence-electron chi connectivity index (χ2n) is 5.83. The molecule has 1 amide bonds. The fourth-order valence-electron chi connectivity index (χ4n) is 2.64. The third kappa shape index (κ3) is 5.13. The van der Waals surface area contributed by atoms with Gasteiger partial charge in [-0.1, -0.05) is 31.5 Å². The predicted molar refractivity (Wildman–Crippen MR) is 93.0 cm³/mol. The van der Waals surface area contributed by atoms with Crippen LogP contribution in [0.4, 0.5) is 4.39 Å². The number of pyridine rings is 1. The molecule has 1 aromatic carbocycles. The minimum absolute atomic E-state index is 0.0386. The lowest BCUT2D eigenvalue weighted by Gasteiger charge is -2.27. The van der Waals surface area contributed by atoms with Crippen LogP contribution in [0.2, 0.25) is 0 Å². The summed E-state index contributed by atoms with van der Waals surface area (Å²) in [7, 11) is 1.85. The lowest BCUT2D eigenvalue weighted by Crippen LogP contribution is -2.38. The molecule has 4 nitrogen and oxygen atoms in total. The van der Waals surface area contributed by atoms with Crippen LogP contribution < -0.4 is 5.32 Å². The van der Waals surface area contributed by atoms with Crippen molar-refractivity contribution in [1.29, 1.82) is 0 Å². The Kier molecular flexibility index (Phi) is 6.88. The number of likely N-dealkylation sites (N-methyl/N-ethyl adjacent to an activating group) is 1. The predicted octanol–water partition coefficient (Wildman–Crippen LogP) is 3.16. The third-order valence-electron chi connectivity index (χ3n) is 3.82. The molecule has 0 saturated carbocycles. The third-order valence-corrected chi connectivity index (χ3v) is 3.82. The highest BCUT2D eigenvalue weighted by Crippen LogP contribution is 2.26. The van der Waals surface area contributed by atoms with E-state index in [1.165, 1.54) is 12.1 Å². The molecule has 0 bridgehead atoms. The second kappa shape index (κ2) is 9.13. The lowest BCUT2D eigenvalue weighted by atomic mass is 10.0. The van der Waals surface area contributed by atoms with Crippen LogP contribution in [0.15, 0.2) is 48.7 Å². The van der Waals surface area contributed by atoms with E-state index in [0.717, 1.165) is 24.1 Å². The van der Waals surface area contributed by atoms with Gasteiger partial charge >= 0.3 is 0 Å². The monoisotopic (exact) mass is 329 g/mol. The number of aromatic nitrogens is 1. The normalized spacial score (nSPS) is 12.2. The summed E-state index contributed by atoms with van der Waals surface area (Å²) in [5.74, 6) is -0.336. The number of benzene rings is 1. The molecule has 0 fully saturated rings. The molecule has 1 atom stereocenters. The number of halogens is 1. The Labute approximate surface area is 142 Å². The number of rotatable bonds is 8. The smallest absolute Gasteiger partial charge is 0.234 e. The van der Waals surface area contributed by atoms with Crippen molar-refractivity contribution >= 4 is 5.91 Å². The number of carbonyl (C=O) groups is 1. The Morgan fingerprint density at radius 2 is 2.12 bits per heavy atom. The van der Waals surface area contributed by atoms with Gasteiger partial charge in [0.1, 0.15) is 5.82 Å². The Bertz CT molecular complexity index is 648. The van der Waals surface area contributed by atoms with Crippen molar-refractivity contribution < 1.29 is 9.18 Å². The molecule has 0 unspecified atom stereocenters. The minimum atomic E-state index is -0.297. The molecular formula is C19H24FN3O. The summed E-state index contributed by atoms with van der Waals surface area (Å²) in [5.41, 5.74) is 1.56. The van der Waals surface area contributed by atoms with Gasteiger partial charge in [0.2, 0.25) is 5.91 Å². The fourth-order valence-corrected chi connectivity index (χ4v) is 2.64. The summed E-state index contributed by atoms with van der Waals surface area (Å²) in [6.07, 6.45) is 3.70. The Hall–Kier alpha value is -2.27. The van der Waals surface area contributed by atoms with E-state index in [1.807, 2.05) is 36.2 Å². The zero-order chi connectivity index (χ0) is 17.4. The number of unbranched alkanes of at least 4 members (excludes halogenated alkanes) is 1. The van der Waals surface area contributed by atoms with Gasteiger partial charge in [-0.15, -0.1) is 0 Å². The van der Waals surface area contributed by atoms with Gasteiger partial charge in [-0.2, -0.15) is 0 Å². The van der Waals surface area contributed by atoms with Crippen LogP contribution in [0.25, 0.3) is 0 Å². The Morgan fingerprint density at radius 1 is 1.29 bits per heavy atom. The Morgan fingerprint density at radius 3 is 2.79 bits per heavy atom. The van der Waals surface area contributed by atoms with Gasteiger partial charge in [0.05, 0.1) is 18.3 Å². The van der Waals surface area contributed by atoms with Crippen LogP contribution in [0.3, 0.4) is 0 Å². The van der Waals surface area contributed by atoms with Crippen LogP contribution in [0, 0.1) is 5.82 Å². The average Bonchev–Trinajstić information content (AvgIpc) is 2.56. The molecule has 1 N–H and O–H groups in total. The fraction of sp³-hybridized carbons (Fsp3) is 0.368. The van der Waals surface area contributed by atoms with Gasteiger partial charge in [0, 0.05) is 12.7 Å². The number of nitrogens with zero attached hydrogens (tertiary/aromatic N) is 2. The van der Waals surface area contributed by atoms with E-state index in [-0.39, 0.29) is 24.3 Å². The summed E-state index contributed by atoms with van der Waals surface area (Å²) in [6.45, 7) is 2.98. The minimum Gasteiger partial charge on any atom is -0.355 e. The second-order valence-corrected chi connectivity index (χ2v) is 5.83. The van der Waals surface area contributed by atoms with Crippen molar-refractivity contribution in [2.24, 2.45) is 0 Å². The first-order chi connectivity index (χ1) is 11.6. The maximum Gasteiger partial charge on any atom is 0.234 e. The molecule has 0 aliphatic rings. The number of amides is 1. The number of hydrogen-bond donors (Lipinski definition) is 1. The van der Waals surface area contributed by atoms with Crippen molar-refractivity contribution in [3.05, 3.63) is 65.7 Å². The quantitative estimate of drug-likeness (QED) is 0.757. The molecular weight excluding hydrogens is 305 g/mol. The Balaban J connectivity index is 2.18. The van der Waals surface area contributed by atoms with Gasteiger partial charge < -0.3 is 5.32 Å². The van der Waals surface area contributed by atoms with E-state index in [2.05, 4.69) is 17.2 Å². The zero-order valence-corrected chi connectivity index (χ0v) is 14.2. The largest absolute Gasteiger partial charge is 0.355 e. The summed E-state index contributed by atoms with van der Waals surface area (Å²) >= 11 is 0. The summed E-state index contributed by atoms with van der Waals surface area (Å²) in [5, 5.41) is 2.91. The average molecular weight is 329 g/mol.